The Labute approximate surface area is 107 Å². The first-order valence-electron chi connectivity index (χ1n) is 6.33. The van der Waals surface area contributed by atoms with Crippen LogP contribution in [0.15, 0.2) is 0 Å². The fourth-order valence-corrected chi connectivity index (χ4v) is 3.36. The second-order valence-electron chi connectivity index (χ2n) is 4.70. The molecule has 1 aromatic heterocycles. The lowest BCUT2D eigenvalue weighted by Crippen LogP contribution is -2.37. The molecular weight excluding hydrogens is 232 g/mol. The third-order valence-corrected chi connectivity index (χ3v) is 4.78. The largest absolute Gasteiger partial charge is 0.343 e. The summed E-state index contributed by atoms with van der Waals surface area (Å²) in [4.78, 5) is 19.5. The minimum absolute atomic E-state index is 0.287. The number of carbonyl (C=O) groups excluding carboxylic acids is 1. The van der Waals surface area contributed by atoms with Gasteiger partial charge in [0.15, 0.2) is 0 Å². The minimum atomic E-state index is 0.287. The number of rotatable bonds is 2. The van der Waals surface area contributed by atoms with Gasteiger partial charge in [0.05, 0.1) is 10.7 Å². The lowest BCUT2D eigenvalue weighted by molar-refractivity contribution is -0.131. The molecule has 0 spiro atoms. The van der Waals surface area contributed by atoms with Crippen molar-refractivity contribution in [2.75, 3.05) is 13.1 Å². The number of hydrogen-bond acceptors (Lipinski definition) is 3. The summed E-state index contributed by atoms with van der Waals surface area (Å²) in [5.41, 5.74) is 1.16. The van der Waals surface area contributed by atoms with Crippen molar-refractivity contribution in [3.63, 3.8) is 0 Å². The molecule has 4 heteroatoms. The van der Waals surface area contributed by atoms with E-state index in [9.17, 15) is 4.79 Å². The zero-order valence-corrected chi connectivity index (χ0v) is 11.6. The molecule has 1 fully saturated rings. The summed E-state index contributed by atoms with van der Waals surface area (Å²) in [6.07, 6.45) is 2.76. The highest BCUT2D eigenvalue weighted by molar-refractivity contribution is 7.11. The fraction of sp³-hybridized carbons (Fsp3) is 0.692. The Morgan fingerprint density at radius 3 is 2.53 bits per heavy atom. The minimum Gasteiger partial charge on any atom is -0.343 e. The van der Waals surface area contributed by atoms with Crippen LogP contribution >= 0.6 is 11.3 Å². The lowest BCUT2D eigenvalue weighted by atomic mass is 9.97. The maximum Gasteiger partial charge on any atom is 0.222 e. The third-order valence-electron chi connectivity index (χ3n) is 3.54. The summed E-state index contributed by atoms with van der Waals surface area (Å²) >= 11 is 1.82. The van der Waals surface area contributed by atoms with Crippen LogP contribution in [0.25, 0.3) is 0 Å². The van der Waals surface area contributed by atoms with Gasteiger partial charge < -0.3 is 4.90 Å². The Morgan fingerprint density at radius 2 is 2.06 bits per heavy atom. The molecular formula is C13H20N2OS. The molecule has 0 atom stereocenters. The number of carbonyl (C=O) groups is 1. The van der Waals surface area contributed by atoms with E-state index in [0.717, 1.165) is 31.6 Å². The Bertz CT molecular complexity index is 386. The highest BCUT2D eigenvalue weighted by Crippen LogP contribution is 2.32. The normalized spacial score (nSPS) is 17.5. The molecule has 1 aliphatic heterocycles. The van der Waals surface area contributed by atoms with Gasteiger partial charge in [0.1, 0.15) is 0 Å². The highest BCUT2D eigenvalue weighted by atomic mass is 32.1. The molecule has 0 N–H and O–H groups in total. The molecule has 1 saturated heterocycles. The fourth-order valence-electron chi connectivity index (χ4n) is 2.27. The summed E-state index contributed by atoms with van der Waals surface area (Å²) in [6.45, 7) is 7.93. The summed E-state index contributed by atoms with van der Waals surface area (Å²) in [6, 6.07) is 0. The van der Waals surface area contributed by atoms with E-state index in [1.807, 2.05) is 23.2 Å². The first-order chi connectivity index (χ1) is 8.11. The predicted octanol–water partition coefficient (Wildman–Crippen LogP) is 2.88. The highest BCUT2D eigenvalue weighted by Gasteiger charge is 2.25. The van der Waals surface area contributed by atoms with Gasteiger partial charge in [-0.3, -0.25) is 4.79 Å². The molecule has 3 nitrogen and oxygen atoms in total. The molecule has 1 aliphatic rings. The Kier molecular flexibility index (Phi) is 3.82. The van der Waals surface area contributed by atoms with Gasteiger partial charge in [0.2, 0.25) is 5.91 Å². The van der Waals surface area contributed by atoms with E-state index in [1.165, 1.54) is 9.88 Å². The molecule has 0 bridgehead atoms. The zero-order valence-electron chi connectivity index (χ0n) is 10.8. The molecule has 0 aromatic carbocycles. The maximum atomic E-state index is 11.6. The number of amides is 1. The number of nitrogens with zero attached hydrogens (tertiary/aromatic N) is 2. The quantitative estimate of drug-likeness (QED) is 0.811. The third kappa shape index (κ3) is 2.68. The number of piperidine rings is 1. The van der Waals surface area contributed by atoms with E-state index < -0.39 is 0 Å². The van der Waals surface area contributed by atoms with E-state index in [2.05, 4.69) is 18.8 Å². The number of likely N-dealkylation sites (tertiary alicyclic amines) is 1. The van der Waals surface area contributed by atoms with Crippen molar-refractivity contribution in [2.24, 2.45) is 0 Å². The zero-order chi connectivity index (χ0) is 12.4. The molecule has 1 amide bonds. The Balaban J connectivity index is 1.97. The standard InChI is InChI=1S/C13H20N2OS/c1-4-12(16)15-7-5-11(6-8-15)13-14-9(2)10(3)17-13/h11H,4-8H2,1-3H3. The molecule has 94 valence electrons. The summed E-state index contributed by atoms with van der Waals surface area (Å²) in [7, 11) is 0. The Hall–Kier alpha value is -0.900. The summed E-state index contributed by atoms with van der Waals surface area (Å²) in [5.74, 6) is 0.850. The molecule has 0 saturated carbocycles. The van der Waals surface area contributed by atoms with Gasteiger partial charge >= 0.3 is 0 Å². The van der Waals surface area contributed by atoms with Crippen LogP contribution in [0, 0.1) is 13.8 Å². The maximum absolute atomic E-state index is 11.6. The van der Waals surface area contributed by atoms with Crippen molar-refractivity contribution in [2.45, 2.75) is 46.0 Å². The number of aromatic nitrogens is 1. The van der Waals surface area contributed by atoms with Crippen molar-refractivity contribution < 1.29 is 4.79 Å². The first-order valence-corrected chi connectivity index (χ1v) is 7.15. The molecule has 0 unspecified atom stereocenters. The lowest BCUT2D eigenvalue weighted by Gasteiger charge is -2.30. The van der Waals surface area contributed by atoms with Gasteiger partial charge in [-0.05, 0) is 26.7 Å². The van der Waals surface area contributed by atoms with E-state index in [1.54, 1.807) is 0 Å². The predicted molar refractivity (Wildman–Crippen MR) is 70.4 cm³/mol. The molecule has 0 radical (unpaired) electrons. The average molecular weight is 252 g/mol. The van der Waals surface area contributed by atoms with Gasteiger partial charge in [0, 0.05) is 30.3 Å². The van der Waals surface area contributed by atoms with Crippen LogP contribution in [0.2, 0.25) is 0 Å². The topological polar surface area (TPSA) is 33.2 Å². The average Bonchev–Trinajstić information content (AvgIpc) is 2.69. The van der Waals surface area contributed by atoms with E-state index >= 15 is 0 Å². The molecule has 0 aliphatic carbocycles. The Morgan fingerprint density at radius 1 is 1.41 bits per heavy atom. The van der Waals surface area contributed by atoms with Gasteiger partial charge in [-0.25, -0.2) is 4.98 Å². The van der Waals surface area contributed by atoms with Crippen LogP contribution in [0.5, 0.6) is 0 Å². The van der Waals surface area contributed by atoms with Gasteiger partial charge in [-0.1, -0.05) is 6.92 Å². The van der Waals surface area contributed by atoms with Crippen molar-refractivity contribution in [1.82, 2.24) is 9.88 Å². The van der Waals surface area contributed by atoms with Gasteiger partial charge in [0.25, 0.3) is 0 Å². The van der Waals surface area contributed by atoms with Gasteiger partial charge in [-0.15, -0.1) is 11.3 Å². The summed E-state index contributed by atoms with van der Waals surface area (Å²) in [5, 5.41) is 1.27. The van der Waals surface area contributed by atoms with E-state index in [-0.39, 0.29) is 5.91 Å². The second-order valence-corrected chi connectivity index (χ2v) is 5.94. The van der Waals surface area contributed by atoms with Crippen LogP contribution in [0.4, 0.5) is 0 Å². The smallest absolute Gasteiger partial charge is 0.222 e. The molecule has 17 heavy (non-hydrogen) atoms. The van der Waals surface area contributed by atoms with Crippen molar-refractivity contribution in [3.05, 3.63) is 15.6 Å². The number of aryl methyl sites for hydroxylation is 2. The molecule has 2 heterocycles. The van der Waals surface area contributed by atoms with Crippen LogP contribution in [0.1, 0.15) is 47.7 Å². The van der Waals surface area contributed by atoms with Crippen LogP contribution in [0.3, 0.4) is 0 Å². The van der Waals surface area contributed by atoms with Crippen molar-refractivity contribution in [3.8, 4) is 0 Å². The summed E-state index contributed by atoms with van der Waals surface area (Å²) < 4.78 is 0. The van der Waals surface area contributed by atoms with E-state index in [0.29, 0.717) is 12.3 Å². The number of hydrogen-bond donors (Lipinski definition) is 0. The van der Waals surface area contributed by atoms with Crippen molar-refractivity contribution in [1.29, 1.82) is 0 Å². The SMILES string of the molecule is CCC(=O)N1CCC(c2nc(C)c(C)s2)CC1. The monoisotopic (exact) mass is 252 g/mol. The van der Waals surface area contributed by atoms with E-state index in [4.69, 9.17) is 0 Å². The van der Waals surface area contributed by atoms with Crippen LogP contribution in [-0.2, 0) is 4.79 Å². The van der Waals surface area contributed by atoms with Crippen molar-refractivity contribution >= 4 is 17.2 Å². The van der Waals surface area contributed by atoms with Crippen LogP contribution in [-0.4, -0.2) is 28.9 Å². The molecule has 1 aromatic rings. The second kappa shape index (κ2) is 5.17. The molecule has 2 rings (SSSR count). The first kappa shape index (κ1) is 12.6. The number of thiazole rings is 1. The van der Waals surface area contributed by atoms with Gasteiger partial charge in [-0.2, -0.15) is 0 Å². The van der Waals surface area contributed by atoms with Crippen LogP contribution < -0.4 is 0 Å².